The summed E-state index contributed by atoms with van der Waals surface area (Å²) in [4.78, 5) is 22.6. The maximum Gasteiger partial charge on any atom is 0.408 e. The van der Waals surface area contributed by atoms with Gasteiger partial charge in [0.15, 0.2) is 0 Å². The summed E-state index contributed by atoms with van der Waals surface area (Å²) < 4.78 is 9.90. The third-order valence-electron chi connectivity index (χ3n) is 2.53. The van der Waals surface area contributed by atoms with Crippen LogP contribution in [0, 0.1) is 0 Å². The quantitative estimate of drug-likeness (QED) is 0.820. The van der Waals surface area contributed by atoms with Crippen molar-refractivity contribution in [2.45, 2.75) is 60.1 Å². The van der Waals surface area contributed by atoms with Crippen molar-refractivity contribution in [3.8, 4) is 5.75 Å². The Hall–Kier alpha value is -2.24. The number of ether oxygens (including phenoxy) is 2. The summed E-state index contributed by atoms with van der Waals surface area (Å²) in [5.74, 6) is -0.422. The summed E-state index contributed by atoms with van der Waals surface area (Å²) in [7, 11) is 1.55. The lowest BCUT2D eigenvalue weighted by Crippen LogP contribution is -2.43. The first-order valence-corrected chi connectivity index (χ1v) is 8.25. The molecule has 2 N–H and O–H groups in total. The van der Waals surface area contributed by atoms with Crippen molar-refractivity contribution in [3.05, 3.63) is 29.8 Å². The molecule has 0 heterocycles. The number of rotatable bonds is 6. The molecule has 0 aromatic heterocycles. The molecule has 0 fully saturated rings. The zero-order valence-corrected chi connectivity index (χ0v) is 15.8. The minimum Gasteiger partial charge on any atom is -0.497 e. The number of nitrogens with one attached hydrogen (secondary N) is 1. The van der Waals surface area contributed by atoms with Gasteiger partial charge in [0, 0.05) is 6.42 Å². The normalized spacial score (nSPS) is 10.3. The highest BCUT2D eigenvalue weighted by atomic mass is 16.6. The van der Waals surface area contributed by atoms with Gasteiger partial charge in [0.05, 0.1) is 13.2 Å². The van der Waals surface area contributed by atoms with Gasteiger partial charge in [0.25, 0.3) is 0 Å². The summed E-state index contributed by atoms with van der Waals surface area (Å²) >= 11 is 0. The molecule has 0 saturated carbocycles. The van der Waals surface area contributed by atoms with E-state index in [2.05, 4.69) is 5.32 Å². The minimum absolute atomic E-state index is 0.173. The van der Waals surface area contributed by atoms with Crippen molar-refractivity contribution < 1.29 is 24.2 Å². The first-order chi connectivity index (χ1) is 11.4. The average Bonchev–Trinajstić information content (AvgIpc) is 2.57. The topological polar surface area (TPSA) is 84.9 Å². The Morgan fingerprint density at radius 3 is 1.96 bits per heavy atom. The SMILES string of the molecule is CC.CC.COc1ccc(C[C@H](NC(=O)OC(C)C)C(=O)O)cc1. The summed E-state index contributed by atoms with van der Waals surface area (Å²) in [6, 6.07) is 5.95. The van der Waals surface area contributed by atoms with Crippen molar-refractivity contribution in [1.82, 2.24) is 5.32 Å². The fourth-order valence-electron chi connectivity index (χ4n) is 1.59. The van der Waals surface area contributed by atoms with Gasteiger partial charge in [-0.1, -0.05) is 39.8 Å². The maximum atomic E-state index is 11.4. The van der Waals surface area contributed by atoms with Gasteiger partial charge in [0.1, 0.15) is 11.8 Å². The Kier molecular flexibility index (Phi) is 14.4. The second-order valence-corrected chi connectivity index (χ2v) is 4.54. The molecular weight excluding hydrogens is 310 g/mol. The molecule has 1 aromatic rings. The standard InChI is InChI=1S/C14H19NO5.2C2H6/c1-9(2)20-14(18)15-12(13(16)17)8-10-4-6-11(19-3)7-5-10;2*1-2/h4-7,9,12H,8H2,1-3H3,(H,15,18)(H,16,17);2*1-2H3/t12-;;/m0../s1. The van der Waals surface area contributed by atoms with E-state index in [4.69, 9.17) is 14.6 Å². The van der Waals surface area contributed by atoms with E-state index in [-0.39, 0.29) is 12.5 Å². The Morgan fingerprint density at radius 1 is 1.08 bits per heavy atom. The highest BCUT2D eigenvalue weighted by molar-refractivity contribution is 5.80. The van der Waals surface area contributed by atoms with E-state index < -0.39 is 18.1 Å². The molecule has 0 bridgehead atoms. The number of hydrogen-bond acceptors (Lipinski definition) is 4. The van der Waals surface area contributed by atoms with Crippen LogP contribution in [0.5, 0.6) is 5.75 Å². The van der Waals surface area contributed by atoms with E-state index in [1.165, 1.54) is 0 Å². The van der Waals surface area contributed by atoms with E-state index in [9.17, 15) is 9.59 Å². The lowest BCUT2D eigenvalue weighted by Gasteiger charge is -2.16. The van der Waals surface area contributed by atoms with E-state index in [0.717, 1.165) is 5.56 Å². The van der Waals surface area contributed by atoms with Crippen LogP contribution in [0.3, 0.4) is 0 Å². The molecule has 0 spiro atoms. The molecule has 0 aliphatic rings. The number of carbonyl (C=O) groups excluding carboxylic acids is 1. The predicted octanol–water partition coefficient (Wildman–Crippen LogP) is 3.88. The molecule has 1 aromatic carbocycles. The molecule has 0 saturated heterocycles. The van der Waals surface area contributed by atoms with Crippen LogP contribution in [0.2, 0.25) is 0 Å². The molecule has 24 heavy (non-hydrogen) atoms. The van der Waals surface area contributed by atoms with Gasteiger partial charge in [-0.05, 0) is 31.5 Å². The van der Waals surface area contributed by atoms with E-state index in [1.54, 1.807) is 45.2 Å². The van der Waals surface area contributed by atoms with Crippen molar-refractivity contribution in [2.75, 3.05) is 7.11 Å². The Bertz CT molecular complexity index is 457. The third-order valence-corrected chi connectivity index (χ3v) is 2.53. The second kappa shape index (κ2) is 14.4. The average molecular weight is 341 g/mol. The number of benzene rings is 1. The van der Waals surface area contributed by atoms with Gasteiger partial charge in [-0.15, -0.1) is 0 Å². The molecule has 0 radical (unpaired) electrons. The van der Waals surface area contributed by atoms with Gasteiger partial charge >= 0.3 is 12.1 Å². The van der Waals surface area contributed by atoms with E-state index in [0.29, 0.717) is 5.75 Å². The van der Waals surface area contributed by atoms with E-state index in [1.807, 2.05) is 27.7 Å². The fraction of sp³-hybridized carbons (Fsp3) is 0.556. The van der Waals surface area contributed by atoms with Gasteiger partial charge in [-0.25, -0.2) is 9.59 Å². The van der Waals surface area contributed by atoms with Crippen LogP contribution in [0.25, 0.3) is 0 Å². The molecule has 6 heteroatoms. The van der Waals surface area contributed by atoms with Gasteiger partial charge in [0.2, 0.25) is 0 Å². The third kappa shape index (κ3) is 10.5. The molecule has 0 aliphatic carbocycles. The van der Waals surface area contributed by atoms with Gasteiger partial charge in [-0.2, -0.15) is 0 Å². The lowest BCUT2D eigenvalue weighted by atomic mass is 10.1. The number of methoxy groups -OCH3 is 1. The molecule has 0 unspecified atom stereocenters. The molecule has 1 rings (SSSR count). The number of aliphatic carboxylic acids is 1. The second-order valence-electron chi connectivity index (χ2n) is 4.54. The minimum atomic E-state index is -1.11. The number of carboxylic acids is 1. The van der Waals surface area contributed by atoms with Crippen LogP contribution in [0.4, 0.5) is 4.79 Å². The van der Waals surface area contributed by atoms with Crippen molar-refractivity contribution in [2.24, 2.45) is 0 Å². The Morgan fingerprint density at radius 2 is 1.58 bits per heavy atom. The zero-order valence-electron chi connectivity index (χ0n) is 15.8. The fourth-order valence-corrected chi connectivity index (χ4v) is 1.59. The Balaban J connectivity index is 0. The van der Waals surface area contributed by atoms with Crippen LogP contribution in [0.15, 0.2) is 24.3 Å². The Labute approximate surface area is 145 Å². The maximum absolute atomic E-state index is 11.4. The van der Waals surface area contributed by atoms with Crippen LogP contribution in [-0.4, -0.2) is 36.4 Å². The van der Waals surface area contributed by atoms with Gasteiger partial charge in [-0.3, -0.25) is 0 Å². The van der Waals surface area contributed by atoms with Crippen molar-refractivity contribution in [3.63, 3.8) is 0 Å². The summed E-state index contributed by atoms with van der Waals surface area (Å²) in [6.07, 6.45) is -0.863. The van der Waals surface area contributed by atoms with Crippen LogP contribution >= 0.6 is 0 Å². The molecule has 0 aliphatic heterocycles. The first-order valence-electron chi connectivity index (χ1n) is 8.25. The molecule has 6 nitrogen and oxygen atoms in total. The highest BCUT2D eigenvalue weighted by Crippen LogP contribution is 2.13. The number of alkyl carbamates (subject to hydrolysis) is 1. The van der Waals surface area contributed by atoms with Crippen molar-refractivity contribution >= 4 is 12.1 Å². The summed E-state index contributed by atoms with van der Waals surface area (Å²) in [6.45, 7) is 11.4. The number of hydrogen-bond donors (Lipinski definition) is 2. The molecule has 1 amide bonds. The molecular formula is C18H31NO5. The van der Waals surface area contributed by atoms with Crippen LogP contribution < -0.4 is 10.1 Å². The summed E-state index contributed by atoms with van der Waals surface area (Å²) in [5.41, 5.74) is 0.781. The van der Waals surface area contributed by atoms with Gasteiger partial charge < -0.3 is 19.9 Å². The lowest BCUT2D eigenvalue weighted by molar-refractivity contribution is -0.139. The largest absolute Gasteiger partial charge is 0.497 e. The summed E-state index contributed by atoms with van der Waals surface area (Å²) in [5, 5.41) is 11.5. The molecule has 138 valence electrons. The number of carboxylic acid groups (broad SMARTS) is 1. The zero-order chi connectivity index (χ0) is 19.1. The number of amides is 1. The van der Waals surface area contributed by atoms with Crippen LogP contribution in [0.1, 0.15) is 47.1 Å². The van der Waals surface area contributed by atoms with E-state index >= 15 is 0 Å². The van der Waals surface area contributed by atoms with Crippen molar-refractivity contribution in [1.29, 1.82) is 0 Å². The smallest absolute Gasteiger partial charge is 0.408 e. The predicted molar refractivity (Wildman–Crippen MR) is 95.6 cm³/mol. The molecule has 1 atom stereocenters. The first kappa shape index (κ1) is 24.0. The monoisotopic (exact) mass is 341 g/mol. The highest BCUT2D eigenvalue weighted by Gasteiger charge is 2.21. The van der Waals surface area contributed by atoms with Crippen LogP contribution in [-0.2, 0) is 16.0 Å². The number of carbonyl (C=O) groups is 2.